The minimum absolute atomic E-state index is 0.0505. The molecule has 118 valence electrons. The van der Waals surface area contributed by atoms with Gasteiger partial charge >= 0.3 is 0 Å². The second-order valence-electron chi connectivity index (χ2n) is 6.44. The molecule has 1 saturated carbocycles. The summed E-state index contributed by atoms with van der Waals surface area (Å²) in [5.41, 5.74) is 0.460. The monoisotopic (exact) mass is 300 g/mol. The van der Waals surface area contributed by atoms with Crippen molar-refractivity contribution in [3.63, 3.8) is 0 Å². The van der Waals surface area contributed by atoms with Crippen LogP contribution in [0.15, 0.2) is 30.3 Å². The van der Waals surface area contributed by atoms with E-state index in [0.717, 1.165) is 37.7 Å². The van der Waals surface area contributed by atoms with Crippen LogP contribution in [0.2, 0.25) is 0 Å². The second kappa shape index (κ2) is 6.11. The minimum Gasteiger partial charge on any atom is -0.342 e. The van der Waals surface area contributed by atoms with Crippen molar-refractivity contribution in [2.24, 2.45) is 0 Å². The summed E-state index contributed by atoms with van der Waals surface area (Å²) in [6.45, 7) is 2.48. The van der Waals surface area contributed by atoms with Gasteiger partial charge < -0.3 is 10.2 Å². The number of carbonyl (C=O) groups excluding carboxylic acids is 2. The number of hydrogen-bond acceptors (Lipinski definition) is 2. The number of nitrogens with zero attached hydrogens (tertiary/aromatic N) is 1. The second-order valence-corrected chi connectivity index (χ2v) is 6.44. The molecule has 1 aliphatic heterocycles. The van der Waals surface area contributed by atoms with Gasteiger partial charge in [0.15, 0.2) is 0 Å². The van der Waals surface area contributed by atoms with E-state index in [4.69, 9.17) is 0 Å². The molecule has 3 rings (SSSR count). The molecule has 1 unspecified atom stereocenters. The first-order valence-electron chi connectivity index (χ1n) is 8.34. The van der Waals surface area contributed by atoms with Crippen LogP contribution in [-0.4, -0.2) is 28.3 Å². The number of amides is 2. The van der Waals surface area contributed by atoms with E-state index < -0.39 is 5.54 Å². The first-order valence-corrected chi connectivity index (χ1v) is 8.34. The maximum Gasteiger partial charge on any atom is 0.246 e. The van der Waals surface area contributed by atoms with Crippen molar-refractivity contribution < 1.29 is 9.59 Å². The van der Waals surface area contributed by atoms with E-state index in [9.17, 15) is 9.59 Å². The summed E-state index contributed by atoms with van der Waals surface area (Å²) >= 11 is 0. The Hall–Kier alpha value is -1.84. The number of carbonyl (C=O) groups is 2. The van der Waals surface area contributed by atoms with E-state index in [-0.39, 0.29) is 17.9 Å². The lowest BCUT2D eigenvalue weighted by atomic mass is 9.77. The Labute approximate surface area is 131 Å². The summed E-state index contributed by atoms with van der Waals surface area (Å²) in [5, 5.41) is 2.96. The van der Waals surface area contributed by atoms with Crippen LogP contribution >= 0.6 is 0 Å². The molecule has 1 aromatic rings. The van der Waals surface area contributed by atoms with Gasteiger partial charge in [-0.15, -0.1) is 0 Å². The standard InChI is InChI=1S/C18H24N2O2/c1-2-15-16(21)20(13-14-9-5-3-6-10-14)18(17(22)19-15)11-7-4-8-12-18/h3,5-6,9-10,15H,2,4,7-8,11-13H2,1H3,(H,19,22). The summed E-state index contributed by atoms with van der Waals surface area (Å²) in [5.74, 6) is 0.127. The number of rotatable bonds is 3. The van der Waals surface area contributed by atoms with Gasteiger partial charge in [-0.1, -0.05) is 56.5 Å². The Bertz CT molecular complexity index is 549. The molecule has 2 fully saturated rings. The van der Waals surface area contributed by atoms with E-state index >= 15 is 0 Å². The van der Waals surface area contributed by atoms with Crippen LogP contribution in [0, 0.1) is 0 Å². The average Bonchev–Trinajstić information content (AvgIpc) is 2.57. The van der Waals surface area contributed by atoms with Gasteiger partial charge in [0.05, 0.1) is 0 Å². The Morgan fingerprint density at radius 3 is 2.45 bits per heavy atom. The van der Waals surface area contributed by atoms with E-state index in [1.54, 1.807) is 0 Å². The topological polar surface area (TPSA) is 49.4 Å². The molecule has 1 aliphatic carbocycles. The van der Waals surface area contributed by atoms with Crippen molar-refractivity contribution in [2.75, 3.05) is 0 Å². The van der Waals surface area contributed by atoms with Crippen LogP contribution in [0.5, 0.6) is 0 Å². The smallest absolute Gasteiger partial charge is 0.246 e. The Morgan fingerprint density at radius 1 is 1.14 bits per heavy atom. The van der Waals surface area contributed by atoms with E-state index in [2.05, 4.69) is 5.32 Å². The number of piperazine rings is 1. The Balaban J connectivity index is 1.94. The molecular weight excluding hydrogens is 276 g/mol. The highest BCUT2D eigenvalue weighted by Crippen LogP contribution is 2.37. The lowest BCUT2D eigenvalue weighted by molar-refractivity contribution is -0.161. The van der Waals surface area contributed by atoms with Gasteiger partial charge in [0.2, 0.25) is 11.8 Å². The third kappa shape index (κ3) is 2.51. The molecule has 0 bridgehead atoms. The summed E-state index contributed by atoms with van der Waals surface area (Å²) in [7, 11) is 0. The molecule has 1 heterocycles. The molecule has 1 saturated heterocycles. The Morgan fingerprint density at radius 2 is 1.82 bits per heavy atom. The van der Waals surface area contributed by atoms with Gasteiger partial charge in [0.25, 0.3) is 0 Å². The van der Waals surface area contributed by atoms with Crippen molar-refractivity contribution in [3.8, 4) is 0 Å². The molecule has 0 aromatic heterocycles. The fourth-order valence-corrected chi connectivity index (χ4v) is 3.78. The van der Waals surface area contributed by atoms with Crippen LogP contribution in [0.25, 0.3) is 0 Å². The van der Waals surface area contributed by atoms with Gasteiger partial charge in [-0.05, 0) is 24.8 Å². The summed E-state index contributed by atoms with van der Waals surface area (Å²) in [4.78, 5) is 27.5. The predicted octanol–water partition coefficient (Wildman–Crippen LogP) is 2.63. The zero-order valence-electron chi connectivity index (χ0n) is 13.2. The Kier molecular flexibility index (Phi) is 4.19. The van der Waals surface area contributed by atoms with Crippen molar-refractivity contribution in [1.29, 1.82) is 0 Å². The summed E-state index contributed by atoms with van der Waals surface area (Å²) < 4.78 is 0. The van der Waals surface area contributed by atoms with Gasteiger partial charge in [-0.2, -0.15) is 0 Å². The molecule has 4 heteroatoms. The normalized spacial score (nSPS) is 24.4. The maximum atomic E-state index is 12.9. The SMILES string of the molecule is CCC1NC(=O)C2(CCCCC2)N(Cc2ccccc2)C1=O. The molecule has 2 aliphatic rings. The third-order valence-corrected chi connectivity index (χ3v) is 5.08. The molecular formula is C18H24N2O2. The average molecular weight is 300 g/mol. The number of nitrogens with one attached hydrogen (secondary N) is 1. The molecule has 4 nitrogen and oxygen atoms in total. The molecule has 1 aromatic carbocycles. The zero-order valence-corrected chi connectivity index (χ0v) is 13.2. The number of hydrogen-bond donors (Lipinski definition) is 1. The van der Waals surface area contributed by atoms with Crippen molar-refractivity contribution >= 4 is 11.8 Å². The van der Waals surface area contributed by atoms with Crippen LogP contribution in [0.3, 0.4) is 0 Å². The first kappa shape index (κ1) is 15.1. The van der Waals surface area contributed by atoms with E-state index in [1.807, 2.05) is 42.2 Å². The summed E-state index contributed by atoms with van der Waals surface area (Å²) in [6.07, 6.45) is 5.40. The molecule has 0 radical (unpaired) electrons. The van der Waals surface area contributed by atoms with Gasteiger partial charge in [0.1, 0.15) is 11.6 Å². The molecule has 1 spiro atoms. The highest BCUT2D eigenvalue weighted by Gasteiger charge is 2.52. The molecule has 1 atom stereocenters. The largest absolute Gasteiger partial charge is 0.342 e. The van der Waals surface area contributed by atoms with Gasteiger partial charge in [-0.3, -0.25) is 9.59 Å². The van der Waals surface area contributed by atoms with E-state index in [0.29, 0.717) is 13.0 Å². The fourth-order valence-electron chi connectivity index (χ4n) is 3.78. The van der Waals surface area contributed by atoms with Crippen LogP contribution in [0.4, 0.5) is 0 Å². The third-order valence-electron chi connectivity index (χ3n) is 5.08. The van der Waals surface area contributed by atoms with Crippen molar-refractivity contribution in [2.45, 2.75) is 63.6 Å². The van der Waals surface area contributed by atoms with Crippen LogP contribution in [-0.2, 0) is 16.1 Å². The van der Waals surface area contributed by atoms with Crippen LogP contribution < -0.4 is 5.32 Å². The molecule has 2 amide bonds. The lowest BCUT2D eigenvalue weighted by Gasteiger charge is -2.50. The molecule has 1 N–H and O–H groups in total. The van der Waals surface area contributed by atoms with Gasteiger partial charge in [0, 0.05) is 6.54 Å². The molecule has 22 heavy (non-hydrogen) atoms. The first-order chi connectivity index (χ1) is 10.7. The zero-order chi connectivity index (χ0) is 15.6. The van der Waals surface area contributed by atoms with Gasteiger partial charge in [-0.25, -0.2) is 0 Å². The highest BCUT2D eigenvalue weighted by molar-refractivity contribution is 5.99. The predicted molar refractivity (Wildman–Crippen MR) is 85.0 cm³/mol. The highest BCUT2D eigenvalue weighted by atomic mass is 16.2. The quantitative estimate of drug-likeness (QED) is 0.933. The number of benzene rings is 1. The minimum atomic E-state index is -0.628. The maximum absolute atomic E-state index is 12.9. The lowest BCUT2D eigenvalue weighted by Crippen LogP contribution is -2.70. The van der Waals surface area contributed by atoms with Crippen LogP contribution in [0.1, 0.15) is 51.0 Å². The summed E-state index contributed by atoms with van der Waals surface area (Å²) in [6, 6.07) is 9.61. The van der Waals surface area contributed by atoms with E-state index in [1.165, 1.54) is 0 Å². The van der Waals surface area contributed by atoms with Crippen molar-refractivity contribution in [1.82, 2.24) is 10.2 Å². The van der Waals surface area contributed by atoms with Crippen molar-refractivity contribution in [3.05, 3.63) is 35.9 Å². The fraction of sp³-hybridized carbons (Fsp3) is 0.556.